The average molecular weight is 458 g/mol. The molecule has 0 aliphatic heterocycles. The van der Waals surface area contributed by atoms with Crippen LogP contribution in [0.5, 0.6) is 5.88 Å². The smallest absolute Gasteiger partial charge is 0.212 e. The Labute approximate surface area is 194 Å². The fourth-order valence-corrected chi connectivity index (χ4v) is 3.59. The van der Waals surface area contributed by atoms with Crippen molar-refractivity contribution >= 4 is 34.0 Å². The third kappa shape index (κ3) is 4.31. The largest absolute Gasteiger partial charge is 0.481 e. The number of methoxy groups -OCH3 is 1. The molecule has 0 amide bonds. The van der Waals surface area contributed by atoms with E-state index in [4.69, 9.17) is 26.3 Å². The SMILES string of the molecule is COc1ccc(-c2ccc3c(Nc4ccc(F)c(Cl)c4)nc(-c4cccnc4)nc3c2)cn1. The summed E-state index contributed by atoms with van der Waals surface area (Å²) in [4.78, 5) is 18.0. The molecule has 0 saturated carbocycles. The topological polar surface area (TPSA) is 72.8 Å². The number of halogens is 2. The van der Waals surface area contributed by atoms with Crippen LogP contribution in [0.2, 0.25) is 5.02 Å². The van der Waals surface area contributed by atoms with Crippen LogP contribution in [0.4, 0.5) is 15.9 Å². The Morgan fingerprint density at radius 3 is 2.52 bits per heavy atom. The van der Waals surface area contributed by atoms with Crippen molar-refractivity contribution < 1.29 is 9.13 Å². The Morgan fingerprint density at radius 2 is 1.79 bits per heavy atom. The van der Waals surface area contributed by atoms with E-state index in [0.717, 1.165) is 27.6 Å². The van der Waals surface area contributed by atoms with E-state index in [1.165, 1.54) is 12.1 Å². The lowest BCUT2D eigenvalue weighted by molar-refractivity contribution is 0.398. The molecule has 1 N–H and O–H groups in total. The van der Waals surface area contributed by atoms with Gasteiger partial charge in [0.2, 0.25) is 5.88 Å². The van der Waals surface area contributed by atoms with E-state index in [1.54, 1.807) is 31.8 Å². The summed E-state index contributed by atoms with van der Waals surface area (Å²) in [6.07, 6.45) is 5.15. The molecule has 5 aromatic rings. The average Bonchev–Trinajstić information content (AvgIpc) is 2.86. The molecule has 3 heterocycles. The first-order valence-corrected chi connectivity index (χ1v) is 10.4. The molecule has 0 radical (unpaired) electrons. The summed E-state index contributed by atoms with van der Waals surface area (Å²) >= 11 is 5.96. The number of hydrogen-bond donors (Lipinski definition) is 1. The molecule has 0 aliphatic rings. The van der Waals surface area contributed by atoms with Crippen molar-refractivity contribution in [1.82, 2.24) is 19.9 Å². The van der Waals surface area contributed by atoms with Crippen LogP contribution in [0.15, 0.2) is 79.3 Å². The second-order valence-corrected chi connectivity index (χ2v) is 7.62. The first-order valence-electron chi connectivity index (χ1n) is 10.1. The molecule has 0 atom stereocenters. The van der Waals surface area contributed by atoms with Gasteiger partial charge in [-0.2, -0.15) is 0 Å². The van der Waals surface area contributed by atoms with E-state index in [0.29, 0.717) is 23.2 Å². The molecule has 5 rings (SSSR count). The minimum Gasteiger partial charge on any atom is -0.481 e. The Hall–Kier alpha value is -4.10. The first kappa shape index (κ1) is 20.8. The number of pyridine rings is 2. The molecular formula is C25H17ClFN5O. The molecule has 0 aliphatic carbocycles. The third-order valence-electron chi connectivity index (χ3n) is 5.08. The van der Waals surface area contributed by atoms with Crippen LogP contribution >= 0.6 is 11.6 Å². The number of fused-ring (bicyclic) bond motifs is 1. The maximum Gasteiger partial charge on any atom is 0.212 e. The normalized spacial score (nSPS) is 10.9. The lowest BCUT2D eigenvalue weighted by atomic mass is 10.1. The van der Waals surface area contributed by atoms with Crippen molar-refractivity contribution in [2.75, 3.05) is 12.4 Å². The summed E-state index contributed by atoms with van der Waals surface area (Å²) in [6, 6.07) is 17.8. The van der Waals surface area contributed by atoms with Crippen molar-refractivity contribution in [1.29, 1.82) is 0 Å². The van der Waals surface area contributed by atoms with Gasteiger partial charge in [0, 0.05) is 46.9 Å². The van der Waals surface area contributed by atoms with Gasteiger partial charge in [-0.1, -0.05) is 17.7 Å². The predicted octanol–water partition coefficient (Wildman–Crippen LogP) is 6.30. The van der Waals surface area contributed by atoms with Crippen LogP contribution < -0.4 is 10.1 Å². The van der Waals surface area contributed by atoms with Crippen LogP contribution in [0, 0.1) is 5.82 Å². The molecule has 0 bridgehead atoms. The number of anilines is 2. The molecule has 6 nitrogen and oxygen atoms in total. The molecule has 3 aromatic heterocycles. The third-order valence-corrected chi connectivity index (χ3v) is 5.37. The minimum atomic E-state index is -0.483. The van der Waals surface area contributed by atoms with E-state index >= 15 is 0 Å². The van der Waals surface area contributed by atoms with E-state index in [-0.39, 0.29) is 5.02 Å². The number of nitrogens with one attached hydrogen (secondary N) is 1. The Morgan fingerprint density at radius 1 is 0.909 bits per heavy atom. The molecule has 162 valence electrons. The number of aromatic nitrogens is 4. The lowest BCUT2D eigenvalue weighted by Crippen LogP contribution is -2.00. The number of hydrogen-bond acceptors (Lipinski definition) is 6. The molecule has 2 aromatic carbocycles. The van der Waals surface area contributed by atoms with E-state index in [2.05, 4.69) is 15.3 Å². The molecular weight excluding hydrogens is 441 g/mol. The van der Waals surface area contributed by atoms with Gasteiger partial charge in [0.1, 0.15) is 11.6 Å². The second-order valence-electron chi connectivity index (χ2n) is 7.21. The zero-order valence-electron chi connectivity index (χ0n) is 17.5. The number of ether oxygens (including phenoxy) is 1. The Kier molecular flexibility index (Phi) is 5.54. The van der Waals surface area contributed by atoms with E-state index in [9.17, 15) is 4.39 Å². The highest BCUT2D eigenvalue weighted by Crippen LogP contribution is 2.31. The fraction of sp³-hybridized carbons (Fsp3) is 0.0400. The summed E-state index contributed by atoms with van der Waals surface area (Å²) in [6.45, 7) is 0. The summed E-state index contributed by atoms with van der Waals surface area (Å²) in [5.74, 6) is 1.14. The van der Waals surface area contributed by atoms with Gasteiger partial charge in [0.25, 0.3) is 0 Å². The highest BCUT2D eigenvalue weighted by molar-refractivity contribution is 6.31. The summed E-state index contributed by atoms with van der Waals surface area (Å²) in [5.41, 5.74) is 3.99. The van der Waals surface area contributed by atoms with Gasteiger partial charge >= 0.3 is 0 Å². The maximum atomic E-state index is 13.6. The van der Waals surface area contributed by atoms with Crippen molar-refractivity contribution in [3.8, 4) is 28.4 Å². The van der Waals surface area contributed by atoms with Gasteiger partial charge in [-0.15, -0.1) is 0 Å². The van der Waals surface area contributed by atoms with Crippen LogP contribution in [-0.4, -0.2) is 27.0 Å². The van der Waals surface area contributed by atoms with Crippen LogP contribution in [0.1, 0.15) is 0 Å². The molecule has 0 fully saturated rings. The van der Waals surface area contributed by atoms with Crippen molar-refractivity contribution in [3.05, 3.63) is 90.1 Å². The standard InChI is InChI=1S/C25H17ClFN5O/c1-33-23-9-5-16(14-29-23)15-4-7-19-22(11-15)31-24(17-3-2-10-28-13-17)32-25(19)30-18-6-8-21(27)20(26)12-18/h2-14H,1H3,(H,30,31,32). The molecule has 8 heteroatoms. The first-order chi connectivity index (χ1) is 16.1. The number of rotatable bonds is 5. The van der Waals surface area contributed by atoms with Gasteiger partial charge < -0.3 is 10.1 Å². The van der Waals surface area contributed by atoms with Gasteiger partial charge in [-0.05, 0) is 54.1 Å². The zero-order chi connectivity index (χ0) is 22.8. The highest BCUT2D eigenvalue weighted by Gasteiger charge is 2.12. The predicted molar refractivity (Wildman–Crippen MR) is 127 cm³/mol. The highest BCUT2D eigenvalue weighted by atomic mass is 35.5. The van der Waals surface area contributed by atoms with Gasteiger partial charge in [0.05, 0.1) is 17.6 Å². The molecule has 33 heavy (non-hydrogen) atoms. The van der Waals surface area contributed by atoms with Gasteiger partial charge in [0.15, 0.2) is 5.82 Å². The second kappa shape index (κ2) is 8.80. The van der Waals surface area contributed by atoms with Gasteiger partial charge in [-0.25, -0.2) is 19.3 Å². The van der Waals surface area contributed by atoms with Crippen molar-refractivity contribution in [3.63, 3.8) is 0 Å². The number of nitrogens with zero attached hydrogens (tertiary/aromatic N) is 4. The monoisotopic (exact) mass is 457 g/mol. The van der Waals surface area contributed by atoms with Crippen molar-refractivity contribution in [2.45, 2.75) is 0 Å². The minimum absolute atomic E-state index is 0.0279. The summed E-state index contributed by atoms with van der Waals surface area (Å²) in [7, 11) is 1.58. The summed E-state index contributed by atoms with van der Waals surface area (Å²) < 4.78 is 18.8. The molecule has 0 spiro atoms. The number of benzene rings is 2. The van der Waals surface area contributed by atoms with E-state index < -0.39 is 5.82 Å². The summed E-state index contributed by atoms with van der Waals surface area (Å²) in [5, 5.41) is 4.08. The van der Waals surface area contributed by atoms with E-state index in [1.807, 2.05) is 42.5 Å². The Bertz CT molecular complexity index is 1450. The maximum absolute atomic E-state index is 13.6. The van der Waals surface area contributed by atoms with Crippen LogP contribution in [0.3, 0.4) is 0 Å². The molecule has 0 unspecified atom stereocenters. The van der Waals surface area contributed by atoms with Crippen molar-refractivity contribution in [2.24, 2.45) is 0 Å². The Balaban J connectivity index is 1.64. The fourth-order valence-electron chi connectivity index (χ4n) is 3.41. The lowest BCUT2D eigenvalue weighted by Gasteiger charge is -2.13. The van der Waals surface area contributed by atoms with Crippen LogP contribution in [0.25, 0.3) is 33.4 Å². The zero-order valence-corrected chi connectivity index (χ0v) is 18.2. The van der Waals surface area contributed by atoms with Gasteiger partial charge in [-0.3, -0.25) is 4.98 Å². The van der Waals surface area contributed by atoms with Crippen LogP contribution in [-0.2, 0) is 0 Å². The molecule has 0 saturated heterocycles. The quantitative estimate of drug-likeness (QED) is 0.334.